The summed E-state index contributed by atoms with van der Waals surface area (Å²) in [5, 5.41) is 8.66. The van der Waals surface area contributed by atoms with E-state index >= 15 is 0 Å². The van der Waals surface area contributed by atoms with Crippen molar-refractivity contribution in [2.24, 2.45) is 0 Å². The zero-order valence-electron chi connectivity index (χ0n) is 9.40. The Bertz CT molecular complexity index is 470. The number of hydrogen-bond donors (Lipinski definition) is 0. The molecule has 0 aliphatic carbocycles. The largest absolute Gasteiger partial charge is 0.224 e. The average molecular weight is 225 g/mol. The van der Waals surface area contributed by atoms with E-state index < -0.39 is 9.84 Å². The van der Waals surface area contributed by atoms with Gasteiger partial charge in [0.2, 0.25) is 0 Å². The van der Waals surface area contributed by atoms with Gasteiger partial charge in [-0.2, -0.15) is 5.26 Å². The number of rotatable bonds is 1. The van der Waals surface area contributed by atoms with Crippen molar-refractivity contribution < 1.29 is 8.42 Å². The van der Waals surface area contributed by atoms with E-state index in [2.05, 4.69) is 0 Å². The van der Waals surface area contributed by atoms with Gasteiger partial charge in [-0.3, -0.25) is 0 Å². The van der Waals surface area contributed by atoms with Crippen LogP contribution in [0.3, 0.4) is 0 Å². The highest BCUT2D eigenvalue weighted by molar-refractivity contribution is 7.90. The molecule has 1 rings (SSSR count). The first kappa shape index (κ1) is 13.7. The Hall–Kier alpha value is -1.34. The second-order valence-corrected chi connectivity index (χ2v) is 4.88. The van der Waals surface area contributed by atoms with E-state index in [1.807, 2.05) is 19.9 Å². The third kappa shape index (κ3) is 3.72. The lowest BCUT2D eigenvalue weighted by Crippen LogP contribution is -1.98. The molecule has 0 fully saturated rings. The molecule has 0 N–H and O–H groups in total. The van der Waals surface area contributed by atoms with Crippen LogP contribution in [0.1, 0.15) is 25.0 Å². The molecule has 0 saturated heterocycles. The smallest absolute Gasteiger partial charge is 0.175 e. The van der Waals surface area contributed by atoms with E-state index in [-0.39, 0.29) is 4.90 Å². The molecule has 0 amide bonds. The molecular formula is C11H15NO2S. The first-order valence-corrected chi connectivity index (χ1v) is 6.55. The Morgan fingerprint density at radius 1 is 1.27 bits per heavy atom. The highest BCUT2D eigenvalue weighted by Crippen LogP contribution is 2.14. The molecule has 1 aromatic rings. The van der Waals surface area contributed by atoms with E-state index in [0.717, 1.165) is 11.8 Å². The van der Waals surface area contributed by atoms with Crippen molar-refractivity contribution in [2.45, 2.75) is 25.7 Å². The molecule has 0 atom stereocenters. The summed E-state index contributed by atoms with van der Waals surface area (Å²) in [5.74, 6) is 0. The molecule has 15 heavy (non-hydrogen) atoms. The number of nitrogens with zero attached hydrogens (tertiary/aromatic N) is 1. The number of benzene rings is 1. The fourth-order valence-corrected chi connectivity index (χ4v) is 1.60. The van der Waals surface area contributed by atoms with E-state index in [4.69, 9.17) is 5.26 Å². The number of nitriles is 1. The van der Waals surface area contributed by atoms with E-state index in [9.17, 15) is 8.42 Å². The first-order chi connectivity index (χ1) is 6.95. The van der Waals surface area contributed by atoms with Gasteiger partial charge in [-0.1, -0.05) is 19.9 Å². The molecule has 3 nitrogen and oxygen atoms in total. The summed E-state index contributed by atoms with van der Waals surface area (Å²) >= 11 is 0. The first-order valence-electron chi connectivity index (χ1n) is 4.66. The second-order valence-electron chi connectivity index (χ2n) is 2.86. The molecule has 4 heteroatoms. The quantitative estimate of drug-likeness (QED) is 0.736. The summed E-state index contributed by atoms with van der Waals surface area (Å²) in [5.41, 5.74) is 1.19. The maximum Gasteiger partial charge on any atom is 0.175 e. The summed E-state index contributed by atoms with van der Waals surface area (Å²) in [7, 11) is -3.20. The summed E-state index contributed by atoms with van der Waals surface area (Å²) in [6.45, 7) is 5.77. The SMILES string of the molecule is CC.Cc1ccc(S(C)(=O)=O)cc1C#N. The molecule has 0 spiro atoms. The van der Waals surface area contributed by atoms with E-state index in [0.29, 0.717) is 5.56 Å². The molecule has 0 aromatic heterocycles. The Morgan fingerprint density at radius 3 is 2.20 bits per heavy atom. The van der Waals surface area contributed by atoms with E-state index in [1.165, 1.54) is 12.1 Å². The standard InChI is InChI=1S/C9H9NO2S.C2H6/c1-7-3-4-9(13(2,11)12)5-8(7)6-10;1-2/h3-5H,1-2H3;1-2H3. The van der Waals surface area contributed by atoms with Crippen molar-refractivity contribution >= 4 is 9.84 Å². The predicted octanol–water partition coefficient (Wildman–Crippen LogP) is 2.30. The minimum absolute atomic E-state index is 0.189. The maximum atomic E-state index is 11.1. The summed E-state index contributed by atoms with van der Waals surface area (Å²) in [6, 6.07) is 6.48. The Morgan fingerprint density at radius 2 is 1.80 bits per heavy atom. The second kappa shape index (κ2) is 5.52. The lowest BCUT2D eigenvalue weighted by atomic mass is 10.1. The van der Waals surface area contributed by atoms with Gasteiger partial charge in [-0.25, -0.2) is 8.42 Å². The van der Waals surface area contributed by atoms with Gasteiger partial charge in [0.25, 0.3) is 0 Å². The van der Waals surface area contributed by atoms with Crippen LogP contribution in [-0.2, 0) is 9.84 Å². The highest BCUT2D eigenvalue weighted by Gasteiger charge is 2.08. The topological polar surface area (TPSA) is 57.9 Å². The molecule has 0 saturated carbocycles. The molecule has 0 bridgehead atoms. The van der Waals surface area contributed by atoms with Crippen LogP contribution in [-0.4, -0.2) is 14.7 Å². The summed E-state index contributed by atoms with van der Waals surface area (Å²) in [4.78, 5) is 0.189. The van der Waals surface area contributed by atoms with Crippen molar-refractivity contribution in [2.75, 3.05) is 6.26 Å². The van der Waals surface area contributed by atoms with Crippen molar-refractivity contribution in [1.82, 2.24) is 0 Å². The minimum atomic E-state index is -3.20. The van der Waals surface area contributed by atoms with Crippen LogP contribution in [0.4, 0.5) is 0 Å². The third-order valence-electron chi connectivity index (χ3n) is 1.76. The fourth-order valence-electron chi connectivity index (χ4n) is 0.952. The normalized spacial score (nSPS) is 9.80. The van der Waals surface area contributed by atoms with Gasteiger partial charge in [0.1, 0.15) is 0 Å². The van der Waals surface area contributed by atoms with Crippen molar-refractivity contribution in [3.05, 3.63) is 29.3 Å². The van der Waals surface area contributed by atoms with Crippen molar-refractivity contribution in [3.63, 3.8) is 0 Å². The van der Waals surface area contributed by atoms with Crippen molar-refractivity contribution in [1.29, 1.82) is 5.26 Å². The molecule has 0 radical (unpaired) electrons. The Labute approximate surface area is 91.3 Å². The summed E-state index contributed by atoms with van der Waals surface area (Å²) < 4.78 is 22.2. The van der Waals surface area contributed by atoms with Crippen LogP contribution in [0.15, 0.2) is 23.1 Å². The van der Waals surface area contributed by atoms with Crippen LogP contribution >= 0.6 is 0 Å². The molecule has 1 aromatic carbocycles. The van der Waals surface area contributed by atoms with Gasteiger partial charge >= 0.3 is 0 Å². The number of hydrogen-bond acceptors (Lipinski definition) is 3. The lowest BCUT2D eigenvalue weighted by Gasteiger charge is -2.00. The van der Waals surface area contributed by atoms with E-state index in [1.54, 1.807) is 13.0 Å². The fraction of sp³-hybridized carbons (Fsp3) is 0.364. The van der Waals surface area contributed by atoms with Gasteiger partial charge in [0, 0.05) is 6.26 Å². The molecule has 0 aliphatic heterocycles. The van der Waals surface area contributed by atoms with Crippen LogP contribution in [0, 0.1) is 18.3 Å². The van der Waals surface area contributed by atoms with Gasteiger partial charge in [-0.05, 0) is 24.6 Å². The van der Waals surface area contributed by atoms with Gasteiger partial charge in [0.05, 0.1) is 16.5 Å². The van der Waals surface area contributed by atoms with Crippen molar-refractivity contribution in [3.8, 4) is 6.07 Å². The summed E-state index contributed by atoms with van der Waals surface area (Å²) in [6.07, 6.45) is 1.12. The molecule has 0 aliphatic rings. The number of sulfone groups is 1. The van der Waals surface area contributed by atoms with Crippen LogP contribution in [0.2, 0.25) is 0 Å². The Balaban J connectivity index is 0.000000921. The monoisotopic (exact) mass is 225 g/mol. The lowest BCUT2D eigenvalue weighted by molar-refractivity contribution is 0.602. The molecule has 0 heterocycles. The highest BCUT2D eigenvalue weighted by atomic mass is 32.2. The van der Waals surface area contributed by atoms with Crippen LogP contribution in [0.5, 0.6) is 0 Å². The van der Waals surface area contributed by atoms with Crippen LogP contribution < -0.4 is 0 Å². The average Bonchev–Trinajstić information content (AvgIpc) is 2.20. The van der Waals surface area contributed by atoms with Crippen LogP contribution in [0.25, 0.3) is 0 Å². The number of aryl methyl sites for hydroxylation is 1. The van der Waals surface area contributed by atoms with Gasteiger partial charge in [0.15, 0.2) is 9.84 Å². The zero-order valence-corrected chi connectivity index (χ0v) is 10.2. The molecular weight excluding hydrogens is 210 g/mol. The minimum Gasteiger partial charge on any atom is -0.224 e. The maximum absolute atomic E-state index is 11.1. The van der Waals surface area contributed by atoms with Gasteiger partial charge < -0.3 is 0 Å². The molecule has 82 valence electrons. The predicted molar refractivity (Wildman–Crippen MR) is 60.4 cm³/mol. The Kier molecular flexibility index (Phi) is 5.03. The van der Waals surface area contributed by atoms with Gasteiger partial charge in [-0.15, -0.1) is 0 Å². The third-order valence-corrected chi connectivity index (χ3v) is 2.87. The zero-order chi connectivity index (χ0) is 12.1. The molecule has 0 unspecified atom stereocenters.